The molecule has 3 aromatic heterocycles. The van der Waals surface area contributed by atoms with Crippen LogP contribution in [0.4, 0.5) is 0 Å². The van der Waals surface area contributed by atoms with Crippen molar-refractivity contribution in [2.45, 2.75) is 64.1 Å². The molecule has 1 saturated heterocycles. The number of unbranched alkanes of at least 4 members (excludes halogenated alkanes) is 1. The SMILES string of the molecule is CCCCn1c(=O)n(CCC2NC[C@@H]3CCc4c(OC)cccc4[C@H]23)c(=O)c2sc3nccnc3c21. The van der Waals surface area contributed by atoms with Gasteiger partial charge in [0.1, 0.15) is 20.8 Å². The number of thiophene rings is 1. The van der Waals surface area contributed by atoms with Crippen molar-refractivity contribution in [1.29, 1.82) is 0 Å². The van der Waals surface area contributed by atoms with E-state index in [0.29, 0.717) is 51.9 Å². The first-order valence-corrected chi connectivity index (χ1v) is 13.7. The normalized spacial score (nSPS) is 21.1. The van der Waals surface area contributed by atoms with Crippen LogP contribution in [0.25, 0.3) is 20.6 Å². The average Bonchev–Trinajstić information content (AvgIpc) is 3.50. The highest BCUT2D eigenvalue weighted by Gasteiger charge is 2.40. The summed E-state index contributed by atoms with van der Waals surface area (Å²) in [5.41, 5.74) is 3.46. The smallest absolute Gasteiger partial charge is 0.331 e. The third-order valence-corrected chi connectivity index (χ3v) is 9.03. The predicted octanol–water partition coefficient (Wildman–Crippen LogP) is 3.68. The zero-order chi connectivity index (χ0) is 24.8. The molecule has 0 bridgehead atoms. The van der Waals surface area contributed by atoms with Crippen molar-refractivity contribution < 1.29 is 4.74 Å². The number of hydrogen-bond acceptors (Lipinski definition) is 7. The molecule has 0 spiro atoms. The van der Waals surface area contributed by atoms with Gasteiger partial charge in [0.2, 0.25) is 0 Å². The highest BCUT2D eigenvalue weighted by Crippen LogP contribution is 2.45. The lowest BCUT2D eigenvalue weighted by atomic mass is 9.73. The standard InChI is InChI=1S/C27H31N5O3S/c1-3-4-13-31-23-22-25(29-12-11-28-22)36-24(23)26(33)32(27(31)34)14-10-19-21-16(15-30-19)8-9-17-18(21)6-5-7-20(17)35-2/h5-7,11-12,16,19,21,30H,3-4,8-10,13-15H2,1-2H3/t16-,19?,21+/m0/s1. The topological polar surface area (TPSA) is 91.0 Å². The molecule has 1 aliphatic carbocycles. The molecule has 4 aromatic rings. The Morgan fingerprint density at radius 2 is 2.03 bits per heavy atom. The van der Waals surface area contributed by atoms with Gasteiger partial charge in [0.05, 0.1) is 12.6 Å². The fraction of sp³-hybridized carbons (Fsp3) is 0.481. The van der Waals surface area contributed by atoms with Crippen LogP contribution in [0.2, 0.25) is 0 Å². The summed E-state index contributed by atoms with van der Waals surface area (Å²) < 4.78 is 9.41. The van der Waals surface area contributed by atoms with Crippen LogP contribution in [0.15, 0.2) is 40.2 Å². The lowest BCUT2D eigenvalue weighted by Crippen LogP contribution is -2.41. The van der Waals surface area contributed by atoms with Crippen molar-refractivity contribution in [1.82, 2.24) is 24.4 Å². The number of hydrogen-bond donors (Lipinski definition) is 1. The summed E-state index contributed by atoms with van der Waals surface area (Å²) in [7, 11) is 1.73. The second-order valence-electron chi connectivity index (χ2n) is 9.89. The number of nitrogens with zero attached hydrogens (tertiary/aromatic N) is 4. The minimum absolute atomic E-state index is 0.206. The summed E-state index contributed by atoms with van der Waals surface area (Å²) >= 11 is 1.33. The van der Waals surface area contributed by atoms with Crippen LogP contribution in [-0.4, -0.2) is 38.8 Å². The molecule has 4 heterocycles. The summed E-state index contributed by atoms with van der Waals surface area (Å²) in [6.07, 6.45) is 7.93. The molecule has 1 aliphatic heterocycles. The number of aryl methyl sites for hydroxylation is 1. The minimum Gasteiger partial charge on any atom is -0.496 e. The number of ether oxygens (including phenoxy) is 1. The molecule has 36 heavy (non-hydrogen) atoms. The lowest BCUT2D eigenvalue weighted by molar-refractivity contribution is 0.370. The van der Waals surface area contributed by atoms with Crippen molar-refractivity contribution in [2.75, 3.05) is 13.7 Å². The van der Waals surface area contributed by atoms with E-state index in [4.69, 9.17) is 4.74 Å². The maximum atomic E-state index is 13.7. The van der Waals surface area contributed by atoms with Gasteiger partial charge in [-0.1, -0.05) is 25.5 Å². The van der Waals surface area contributed by atoms with Gasteiger partial charge in [-0.3, -0.25) is 13.9 Å². The molecular formula is C27H31N5O3S. The lowest BCUT2D eigenvalue weighted by Gasteiger charge is -2.32. The van der Waals surface area contributed by atoms with Crippen LogP contribution < -0.4 is 21.3 Å². The maximum Gasteiger partial charge on any atom is 0.331 e. The van der Waals surface area contributed by atoms with E-state index in [1.807, 2.05) is 6.07 Å². The number of benzene rings is 1. The Morgan fingerprint density at radius 3 is 2.86 bits per heavy atom. The quantitative estimate of drug-likeness (QED) is 0.412. The van der Waals surface area contributed by atoms with E-state index in [0.717, 1.165) is 38.0 Å². The molecule has 1 fully saturated rings. The Hall–Kier alpha value is -3.04. The van der Waals surface area contributed by atoms with Crippen molar-refractivity contribution >= 4 is 31.9 Å². The highest BCUT2D eigenvalue weighted by molar-refractivity contribution is 7.25. The number of nitrogens with one attached hydrogen (secondary N) is 1. The molecule has 8 nitrogen and oxygen atoms in total. The van der Waals surface area contributed by atoms with Gasteiger partial charge in [0, 0.05) is 37.4 Å². The van der Waals surface area contributed by atoms with E-state index < -0.39 is 0 Å². The van der Waals surface area contributed by atoms with Crippen molar-refractivity contribution in [3.63, 3.8) is 0 Å². The third-order valence-electron chi connectivity index (χ3n) is 7.97. The van der Waals surface area contributed by atoms with Gasteiger partial charge < -0.3 is 10.1 Å². The summed E-state index contributed by atoms with van der Waals surface area (Å²) in [5.74, 6) is 1.89. The summed E-state index contributed by atoms with van der Waals surface area (Å²) in [5, 5.41) is 3.71. The Balaban J connectivity index is 1.37. The van der Waals surface area contributed by atoms with Gasteiger partial charge >= 0.3 is 5.69 Å². The van der Waals surface area contributed by atoms with E-state index in [1.165, 1.54) is 27.0 Å². The van der Waals surface area contributed by atoms with Gasteiger partial charge in [-0.05, 0) is 55.3 Å². The van der Waals surface area contributed by atoms with E-state index in [2.05, 4.69) is 34.3 Å². The summed E-state index contributed by atoms with van der Waals surface area (Å²) in [6, 6.07) is 6.54. The Kier molecular flexibility index (Phi) is 6.13. The summed E-state index contributed by atoms with van der Waals surface area (Å²) in [6.45, 7) is 4.01. The van der Waals surface area contributed by atoms with Crippen molar-refractivity contribution in [2.24, 2.45) is 5.92 Å². The van der Waals surface area contributed by atoms with E-state index in [1.54, 1.807) is 24.1 Å². The van der Waals surface area contributed by atoms with Crippen molar-refractivity contribution in [3.8, 4) is 5.75 Å². The number of aromatic nitrogens is 4. The second-order valence-corrected chi connectivity index (χ2v) is 10.9. The first kappa shape index (κ1) is 23.4. The van der Waals surface area contributed by atoms with Crippen LogP contribution >= 0.6 is 11.3 Å². The van der Waals surface area contributed by atoms with Gasteiger partial charge in [-0.15, -0.1) is 11.3 Å². The molecule has 6 rings (SSSR count). The largest absolute Gasteiger partial charge is 0.496 e. The van der Waals surface area contributed by atoms with Crippen LogP contribution in [0, 0.1) is 5.92 Å². The summed E-state index contributed by atoms with van der Waals surface area (Å²) in [4.78, 5) is 36.8. The fourth-order valence-electron chi connectivity index (χ4n) is 6.25. The van der Waals surface area contributed by atoms with E-state index >= 15 is 0 Å². The molecule has 9 heteroatoms. The molecular weight excluding hydrogens is 474 g/mol. The molecule has 0 saturated carbocycles. The minimum atomic E-state index is -0.244. The Bertz CT molecular complexity index is 1560. The van der Waals surface area contributed by atoms with Gasteiger partial charge in [-0.25, -0.2) is 14.8 Å². The molecule has 188 valence electrons. The second kappa shape index (κ2) is 9.44. The monoisotopic (exact) mass is 505 g/mol. The van der Waals surface area contributed by atoms with Crippen LogP contribution in [0.5, 0.6) is 5.75 Å². The van der Waals surface area contributed by atoms with E-state index in [9.17, 15) is 9.59 Å². The molecule has 0 radical (unpaired) electrons. The third kappa shape index (κ3) is 3.67. The number of fused-ring (bicyclic) bond motifs is 6. The van der Waals surface area contributed by atoms with Gasteiger partial charge in [0.15, 0.2) is 0 Å². The maximum absolute atomic E-state index is 13.7. The first-order chi connectivity index (χ1) is 17.6. The molecule has 3 atom stereocenters. The van der Waals surface area contributed by atoms with Crippen LogP contribution in [0.1, 0.15) is 49.7 Å². The van der Waals surface area contributed by atoms with Crippen molar-refractivity contribution in [3.05, 3.63) is 62.6 Å². The predicted molar refractivity (Wildman–Crippen MR) is 142 cm³/mol. The fourth-order valence-corrected chi connectivity index (χ4v) is 7.31. The molecule has 1 aromatic carbocycles. The molecule has 1 N–H and O–H groups in total. The zero-order valence-corrected chi connectivity index (χ0v) is 21.5. The molecule has 2 aliphatic rings. The number of rotatable bonds is 7. The first-order valence-electron chi connectivity index (χ1n) is 12.9. The number of methoxy groups -OCH3 is 1. The molecule has 0 amide bonds. The Morgan fingerprint density at radius 1 is 1.17 bits per heavy atom. The molecule has 1 unspecified atom stereocenters. The highest BCUT2D eigenvalue weighted by atomic mass is 32.1. The Labute approximate surface area is 213 Å². The van der Waals surface area contributed by atoms with Gasteiger partial charge in [-0.2, -0.15) is 0 Å². The average molecular weight is 506 g/mol. The van der Waals surface area contributed by atoms with E-state index in [-0.39, 0.29) is 17.3 Å². The van der Waals surface area contributed by atoms with Gasteiger partial charge in [0.25, 0.3) is 5.56 Å². The van der Waals surface area contributed by atoms with Crippen LogP contribution in [0.3, 0.4) is 0 Å². The van der Waals surface area contributed by atoms with Crippen LogP contribution in [-0.2, 0) is 19.5 Å². The zero-order valence-electron chi connectivity index (χ0n) is 20.7.